The third-order valence-corrected chi connectivity index (χ3v) is 3.71. The lowest BCUT2D eigenvalue weighted by Crippen LogP contribution is -2.12. The van der Waals surface area contributed by atoms with Gasteiger partial charge in [0.1, 0.15) is 17.2 Å². The standard InChI is InChI=1S/C19H17NO3/c1-12-5-4-6-13(2)18(12)23-19(21)17-9-7-14-11-15(22-3)8-10-16(14)20-17/h4-11H,1-3H3. The van der Waals surface area contributed by atoms with E-state index in [0.29, 0.717) is 5.75 Å². The second-order valence-electron chi connectivity index (χ2n) is 5.37. The predicted molar refractivity (Wildman–Crippen MR) is 89.2 cm³/mol. The first kappa shape index (κ1) is 15.0. The Morgan fingerprint density at radius 1 is 1.00 bits per heavy atom. The lowest BCUT2D eigenvalue weighted by Gasteiger charge is -2.10. The fourth-order valence-electron chi connectivity index (χ4n) is 2.45. The van der Waals surface area contributed by atoms with Crippen LogP contribution in [0.4, 0.5) is 0 Å². The van der Waals surface area contributed by atoms with Gasteiger partial charge in [0, 0.05) is 5.39 Å². The Morgan fingerprint density at radius 2 is 1.74 bits per heavy atom. The molecule has 0 saturated carbocycles. The van der Waals surface area contributed by atoms with Crippen LogP contribution >= 0.6 is 0 Å². The molecule has 0 amide bonds. The molecule has 2 aromatic carbocycles. The molecule has 116 valence electrons. The lowest BCUT2D eigenvalue weighted by molar-refractivity contribution is 0.0726. The summed E-state index contributed by atoms with van der Waals surface area (Å²) in [7, 11) is 1.62. The number of aromatic nitrogens is 1. The van der Waals surface area contributed by atoms with Crippen LogP contribution < -0.4 is 9.47 Å². The van der Waals surface area contributed by atoms with Gasteiger partial charge >= 0.3 is 5.97 Å². The van der Waals surface area contributed by atoms with E-state index < -0.39 is 5.97 Å². The van der Waals surface area contributed by atoms with Crippen molar-refractivity contribution in [2.75, 3.05) is 7.11 Å². The highest BCUT2D eigenvalue weighted by Gasteiger charge is 2.14. The molecule has 0 saturated heterocycles. The quantitative estimate of drug-likeness (QED) is 0.540. The number of aryl methyl sites for hydroxylation is 2. The zero-order valence-corrected chi connectivity index (χ0v) is 13.3. The molecular weight excluding hydrogens is 290 g/mol. The minimum absolute atomic E-state index is 0.283. The summed E-state index contributed by atoms with van der Waals surface area (Å²) in [5.74, 6) is 0.888. The van der Waals surface area contributed by atoms with Crippen LogP contribution in [-0.2, 0) is 0 Å². The maximum absolute atomic E-state index is 12.4. The molecular formula is C19H17NO3. The minimum atomic E-state index is -0.458. The van der Waals surface area contributed by atoms with Crippen LogP contribution in [0.5, 0.6) is 11.5 Å². The maximum Gasteiger partial charge on any atom is 0.362 e. The van der Waals surface area contributed by atoms with E-state index in [4.69, 9.17) is 9.47 Å². The number of carbonyl (C=O) groups excluding carboxylic acids is 1. The Bertz CT molecular complexity index is 867. The molecule has 4 nitrogen and oxygen atoms in total. The van der Waals surface area contributed by atoms with Gasteiger partial charge in [-0.1, -0.05) is 24.3 Å². The molecule has 3 aromatic rings. The topological polar surface area (TPSA) is 48.4 Å². The van der Waals surface area contributed by atoms with Crippen molar-refractivity contribution in [3.63, 3.8) is 0 Å². The fourth-order valence-corrected chi connectivity index (χ4v) is 2.45. The zero-order valence-electron chi connectivity index (χ0n) is 13.3. The van der Waals surface area contributed by atoms with Crippen molar-refractivity contribution in [3.05, 3.63) is 65.4 Å². The number of pyridine rings is 1. The molecule has 0 bridgehead atoms. The number of hydrogen-bond acceptors (Lipinski definition) is 4. The molecule has 0 unspecified atom stereocenters. The summed E-state index contributed by atoms with van der Waals surface area (Å²) in [6.45, 7) is 3.82. The van der Waals surface area contributed by atoms with Gasteiger partial charge in [-0.2, -0.15) is 0 Å². The molecule has 0 fully saturated rings. The first-order valence-corrected chi connectivity index (χ1v) is 7.31. The van der Waals surface area contributed by atoms with Gasteiger partial charge in [-0.05, 0) is 49.2 Å². The Morgan fingerprint density at radius 3 is 2.43 bits per heavy atom. The molecule has 3 rings (SSSR count). The second-order valence-corrected chi connectivity index (χ2v) is 5.37. The third kappa shape index (κ3) is 3.01. The third-order valence-electron chi connectivity index (χ3n) is 3.71. The number of rotatable bonds is 3. The van der Waals surface area contributed by atoms with Crippen LogP contribution in [0.2, 0.25) is 0 Å². The van der Waals surface area contributed by atoms with E-state index in [1.807, 2.05) is 56.3 Å². The van der Waals surface area contributed by atoms with Gasteiger partial charge in [-0.15, -0.1) is 0 Å². The van der Waals surface area contributed by atoms with Crippen molar-refractivity contribution in [2.24, 2.45) is 0 Å². The van der Waals surface area contributed by atoms with Gasteiger partial charge in [0.05, 0.1) is 12.6 Å². The largest absolute Gasteiger partial charge is 0.497 e. The van der Waals surface area contributed by atoms with Crippen molar-refractivity contribution in [3.8, 4) is 11.5 Å². The van der Waals surface area contributed by atoms with Crippen molar-refractivity contribution in [1.29, 1.82) is 0 Å². The Balaban J connectivity index is 1.92. The van der Waals surface area contributed by atoms with Crippen LogP contribution in [0.3, 0.4) is 0 Å². The van der Waals surface area contributed by atoms with E-state index in [-0.39, 0.29) is 5.69 Å². The fraction of sp³-hybridized carbons (Fsp3) is 0.158. The van der Waals surface area contributed by atoms with Gasteiger partial charge in [-0.3, -0.25) is 0 Å². The molecule has 4 heteroatoms. The van der Waals surface area contributed by atoms with Gasteiger partial charge in [0.2, 0.25) is 0 Å². The van der Waals surface area contributed by atoms with Gasteiger partial charge in [-0.25, -0.2) is 9.78 Å². The monoisotopic (exact) mass is 307 g/mol. The number of benzene rings is 2. The maximum atomic E-state index is 12.4. The first-order valence-electron chi connectivity index (χ1n) is 7.31. The molecule has 0 atom stereocenters. The van der Waals surface area contributed by atoms with E-state index in [0.717, 1.165) is 27.8 Å². The van der Waals surface area contributed by atoms with Crippen molar-refractivity contribution in [1.82, 2.24) is 4.98 Å². The van der Waals surface area contributed by atoms with Gasteiger partial charge < -0.3 is 9.47 Å². The van der Waals surface area contributed by atoms with Gasteiger partial charge in [0.25, 0.3) is 0 Å². The minimum Gasteiger partial charge on any atom is -0.497 e. The highest BCUT2D eigenvalue weighted by molar-refractivity contribution is 5.92. The van der Waals surface area contributed by atoms with E-state index in [1.54, 1.807) is 13.2 Å². The Kier molecular flexibility index (Phi) is 3.98. The number of hydrogen-bond donors (Lipinski definition) is 0. The number of para-hydroxylation sites is 1. The highest BCUT2D eigenvalue weighted by atomic mass is 16.5. The van der Waals surface area contributed by atoms with Crippen molar-refractivity contribution >= 4 is 16.9 Å². The Hall–Kier alpha value is -2.88. The second kappa shape index (κ2) is 6.08. The first-order chi connectivity index (χ1) is 11.1. The predicted octanol–water partition coefficient (Wildman–Crippen LogP) is 4.08. The van der Waals surface area contributed by atoms with E-state index in [2.05, 4.69) is 4.98 Å². The molecule has 0 spiro atoms. The number of ether oxygens (including phenoxy) is 2. The zero-order chi connectivity index (χ0) is 16.4. The molecule has 0 N–H and O–H groups in total. The smallest absolute Gasteiger partial charge is 0.362 e. The molecule has 23 heavy (non-hydrogen) atoms. The molecule has 0 radical (unpaired) electrons. The average molecular weight is 307 g/mol. The van der Waals surface area contributed by atoms with E-state index in [9.17, 15) is 4.79 Å². The van der Waals surface area contributed by atoms with E-state index in [1.165, 1.54) is 0 Å². The molecule has 0 aliphatic carbocycles. The number of nitrogens with zero attached hydrogens (tertiary/aromatic N) is 1. The van der Waals surface area contributed by atoms with E-state index >= 15 is 0 Å². The SMILES string of the molecule is COc1ccc2nc(C(=O)Oc3c(C)cccc3C)ccc2c1. The summed E-state index contributed by atoms with van der Waals surface area (Å²) in [6.07, 6.45) is 0. The summed E-state index contributed by atoms with van der Waals surface area (Å²) < 4.78 is 10.7. The highest BCUT2D eigenvalue weighted by Crippen LogP contribution is 2.24. The summed E-state index contributed by atoms with van der Waals surface area (Å²) in [5, 5.41) is 0.910. The lowest BCUT2D eigenvalue weighted by atomic mass is 10.1. The van der Waals surface area contributed by atoms with Crippen LogP contribution in [-0.4, -0.2) is 18.1 Å². The Labute approximate surface area is 134 Å². The average Bonchev–Trinajstić information content (AvgIpc) is 2.57. The number of esters is 1. The normalized spacial score (nSPS) is 10.6. The molecule has 1 aromatic heterocycles. The summed E-state index contributed by atoms with van der Waals surface area (Å²) in [5.41, 5.74) is 2.85. The van der Waals surface area contributed by atoms with Crippen LogP contribution in [0.25, 0.3) is 10.9 Å². The number of carbonyl (C=O) groups is 1. The van der Waals surface area contributed by atoms with Gasteiger partial charge in [0.15, 0.2) is 0 Å². The molecule has 0 aliphatic heterocycles. The summed E-state index contributed by atoms with van der Waals surface area (Å²) in [6, 6.07) is 14.8. The molecule has 1 heterocycles. The van der Waals surface area contributed by atoms with Crippen LogP contribution in [0.15, 0.2) is 48.5 Å². The number of fused-ring (bicyclic) bond motifs is 1. The van der Waals surface area contributed by atoms with Crippen molar-refractivity contribution < 1.29 is 14.3 Å². The number of methoxy groups -OCH3 is 1. The summed E-state index contributed by atoms with van der Waals surface area (Å²) in [4.78, 5) is 16.8. The van der Waals surface area contributed by atoms with Crippen LogP contribution in [0.1, 0.15) is 21.6 Å². The van der Waals surface area contributed by atoms with Crippen LogP contribution in [0, 0.1) is 13.8 Å². The van der Waals surface area contributed by atoms with Crippen molar-refractivity contribution in [2.45, 2.75) is 13.8 Å². The summed E-state index contributed by atoms with van der Waals surface area (Å²) >= 11 is 0. The molecule has 0 aliphatic rings.